The summed E-state index contributed by atoms with van der Waals surface area (Å²) in [5, 5.41) is 0. The molecule has 0 fully saturated rings. The van der Waals surface area contributed by atoms with Gasteiger partial charge in [-0.1, -0.05) is 24.3 Å². The lowest BCUT2D eigenvalue weighted by Gasteiger charge is -2.17. The van der Waals surface area contributed by atoms with Crippen molar-refractivity contribution in [3.05, 3.63) is 59.4 Å². The number of hydrazine groups is 1. The van der Waals surface area contributed by atoms with Crippen molar-refractivity contribution in [1.29, 1.82) is 0 Å². The van der Waals surface area contributed by atoms with Crippen LogP contribution in [-0.4, -0.2) is 12.1 Å². The summed E-state index contributed by atoms with van der Waals surface area (Å²) in [5.41, 5.74) is 6.03. The molecule has 0 aliphatic rings. The zero-order chi connectivity index (χ0) is 13.7. The van der Waals surface area contributed by atoms with Crippen LogP contribution in [0.15, 0.2) is 42.6 Å². The van der Waals surface area contributed by atoms with Gasteiger partial charge in [0.15, 0.2) is 0 Å². The highest BCUT2D eigenvalue weighted by molar-refractivity contribution is 5.35. The molecule has 1 aromatic heterocycles. The van der Waals surface area contributed by atoms with Crippen molar-refractivity contribution in [3.63, 3.8) is 0 Å². The van der Waals surface area contributed by atoms with Crippen LogP contribution in [-0.2, 0) is 6.42 Å². The summed E-state index contributed by atoms with van der Waals surface area (Å²) in [4.78, 5) is 4.31. The van der Waals surface area contributed by atoms with Gasteiger partial charge in [-0.3, -0.25) is 16.3 Å². The first-order valence-corrected chi connectivity index (χ1v) is 6.25. The molecule has 4 nitrogen and oxygen atoms in total. The summed E-state index contributed by atoms with van der Waals surface area (Å²) < 4.78 is 5.36. The lowest BCUT2D eigenvalue weighted by Crippen LogP contribution is -2.29. The fourth-order valence-electron chi connectivity index (χ4n) is 2.05. The van der Waals surface area contributed by atoms with Gasteiger partial charge in [0, 0.05) is 11.9 Å². The van der Waals surface area contributed by atoms with Gasteiger partial charge in [-0.05, 0) is 36.6 Å². The Morgan fingerprint density at radius 2 is 2.05 bits per heavy atom. The lowest BCUT2D eigenvalue weighted by atomic mass is 10.00. The third-order valence-corrected chi connectivity index (χ3v) is 3.15. The molecule has 2 aromatic rings. The smallest absolute Gasteiger partial charge is 0.122 e. The number of aryl methyl sites for hydroxylation is 1. The van der Waals surface area contributed by atoms with Crippen LogP contribution >= 0.6 is 0 Å². The van der Waals surface area contributed by atoms with Gasteiger partial charge in [-0.2, -0.15) is 0 Å². The number of ether oxygens (including phenoxy) is 1. The molecule has 0 aliphatic carbocycles. The Labute approximate surface area is 113 Å². The normalized spacial score (nSPS) is 12.2. The number of aromatic nitrogens is 1. The van der Waals surface area contributed by atoms with Crippen molar-refractivity contribution < 1.29 is 4.74 Å². The maximum atomic E-state index is 5.66. The Balaban J connectivity index is 2.21. The van der Waals surface area contributed by atoms with Gasteiger partial charge in [0.25, 0.3) is 0 Å². The topological polar surface area (TPSA) is 60.2 Å². The van der Waals surface area contributed by atoms with Gasteiger partial charge in [0.1, 0.15) is 5.75 Å². The van der Waals surface area contributed by atoms with Crippen molar-refractivity contribution in [2.75, 3.05) is 7.11 Å². The molecule has 3 N–H and O–H groups in total. The minimum Gasteiger partial charge on any atom is -0.496 e. The third kappa shape index (κ3) is 3.30. The molecule has 4 heteroatoms. The van der Waals surface area contributed by atoms with Gasteiger partial charge < -0.3 is 4.74 Å². The molecule has 0 spiro atoms. The van der Waals surface area contributed by atoms with Gasteiger partial charge in [0.05, 0.1) is 13.2 Å². The van der Waals surface area contributed by atoms with Crippen LogP contribution in [0.5, 0.6) is 5.75 Å². The van der Waals surface area contributed by atoms with Gasteiger partial charge in [-0.15, -0.1) is 0 Å². The lowest BCUT2D eigenvalue weighted by molar-refractivity contribution is 0.405. The fraction of sp³-hybridized carbons (Fsp3) is 0.267. The highest BCUT2D eigenvalue weighted by Crippen LogP contribution is 2.24. The van der Waals surface area contributed by atoms with Crippen molar-refractivity contribution in [3.8, 4) is 5.75 Å². The average Bonchev–Trinajstić information content (AvgIpc) is 2.46. The summed E-state index contributed by atoms with van der Waals surface area (Å²) in [6, 6.07) is 12.0. The molecule has 0 aliphatic heterocycles. The predicted molar refractivity (Wildman–Crippen MR) is 75.7 cm³/mol. The molecule has 1 heterocycles. The van der Waals surface area contributed by atoms with Crippen LogP contribution in [0.1, 0.15) is 22.9 Å². The minimum absolute atomic E-state index is 0.0180. The zero-order valence-corrected chi connectivity index (χ0v) is 11.3. The Morgan fingerprint density at radius 3 is 2.68 bits per heavy atom. The number of nitrogens with two attached hydrogens (primary N) is 1. The number of para-hydroxylation sites is 1. The van der Waals surface area contributed by atoms with Crippen LogP contribution in [0.4, 0.5) is 0 Å². The molecular weight excluding hydrogens is 238 g/mol. The standard InChI is InChI=1S/C15H19N3O/c1-11-7-8-13(10-17-11)14(18-16)9-12-5-3-4-6-15(12)19-2/h3-8,10,14,18H,9,16H2,1-2H3. The maximum absolute atomic E-state index is 5.66. The molecule has 1 aromatic carbocycles. The molecule has 2 rings (SSSR count). The number of nitrogens with zero attached hydrogens (tertiary/aromatic N) is 1. The average molecular weight is 257 g/mol. The molecular formula is C15H19N3O. The van der Waals surface area contributed by atoms with Gasteiger partial charge >= 0.3 is 0 Å². The second kappa shape index (κ2) is 6.31. The van der Waals surface area contributed by atoms with E-state index in [0.29, 0.717) is 0 Å². The first kappa shape index (κ1) is 13.5. The van der Waals surface area contributed by atoms with E-state index in [4.69, 9.17) is 10.6 Å². The minimum atomic E-state index is 0.0180. The van der Waals surface area contributed by atoms with Crippen LogP contribution in [0.3, 0.4) is 0 Å². The van der Waals surface area contributed by atoms with Gasteiger partial charge in [0.2, 0.25) is 0 Å². The molecule has 1 unspecified atom stereocenters. The molecule has 0 bridgehead atoms. The first-order valence-electron chi connectivity index (χ1n) is 6.25. The molecule has 0 saturated heterocycles. The number of pyridine rings is 1. The quantitative estimate of drug-likeness (QED) is 0.636. The van der Waals surface area contributed by atoms with E-state index in [9.17, 15) is 0 Å². The van der Waals surface area contributed by atoms with E-state index >= 15 is 0 Å². The van der Waals surface area contributed by atoms with Crippen molar-refractivity contribution >= 4 is 0 Å². The molecule has 1 atom stereocenters. The molecule has 0 saturated carbocycles. The summed E-state index contributed by atoms with van der Waals surface area (Å²) in [6.45, 7) is 1.97. The monoisotopic (exact) mass is 257 g/mol. The van der Waals surface area contributed by atoms with Crippen LogP contribution < -0.4 is 16.0 Å². The highest BCUT2D eigenvalue weighted by atomic mass is 16.5. The Kier molecular flexibility index (Phi) is 4.49. The van der Waals surface area contributed by atoms with E-state index in [2.05, 4.69) is 10.4 Å². The number of benzene rings is 1. The van der Waals surface area contributed by atoms with Crippen molar-refractivity contribution in [1.82, 2.24) is 10.4 Å². The number of rotatable bonds is 5. The van der Waals surface area contributed by atoms with Crippen LogP contribution in [0, 0.1) is 6.92 Å². The van der Waals surface area contributed by atoms with E-state index in [-0.39, 0.29) is 6.04 Å². The van der Waals surface area contributed by atoms with Crippen molar-refractivity contribution in [2.45, 2.75) is 19.4 Å². The highest BCUT2D eigenvalue weighted by Gasteiger charge is 2.13. The van der Waals surface area contributed by atoms with Crippen molar-refractivity contribution in [2.24, 2.45) is 5.84 Å². The number of hydrogen-bond donors (Lipinski definition) is 2. The second-order valence-electron chi connectivity index (χ2n) is 4.47. The van der Waals surface area contributed by atoms with E-state index in [1.54, 1.807) is 7.11 Å². The van der Waals surface area contributed by atoms with Gasteiger partial charge in [-0.25, -0.2) is 0 Å². The number of methoxy groups -OCH3 is 1. The number of nitrogens with one attached hydrogen (secondary N) is 1. The molecule has 0 radical (unpaired) electrons. The summed E-state index contributed by atoms with van der Waals surface area (Å²) in [7, 11) is 1.68. The van der Waals surface area contributed by atoms with E-state index in [1.165, 1.54) is 0 Å². The third-order valence-electron chi connectivity index (χ3n) is 3.15. The van der Waals surface area contributed by atoms with Crippen LogP contribution in [0.2, 0.25) is 0 Å². The molecule has 0 amide bonds. The summed E-state index contributed by atoms with van der Waals surface area (Å²) >= 11 is 0. The molecule has 19 heavy (non-hydrogen) atoms. The Bertz CT molecular complexity index is 525. The summed E-state index contributed by atoms with van der Waals surface area (Å²) in [6.07, 6.45) is 2.61. The van der Waals surface area contributed by atoms with E-state index in [1.807, 2.05) is 49.5 Å². The van der Waals surface area contributed by atoms with Crippen LogP contribution in [0.25, 0.3) is 0 Å². The molecule has 100 valence electrons. The maximum Gasteiger partial charge on any atom is 0.122 e. The number of hydrogen-bond acceptors (Lipinski definition) is 4. The SMILES string of the molecule is COc1ccccc1CC(NN)c1ccc(C)nc1. The predicted octanol–water partition coefficient (Wildman–Crippen LogP) is 2.15. The second-order valence-corrected chi connectivity index (χ2v) is 4.47. The Morgan fingerprint density at radius 1 is 1.26 bits per heavy atom. The largest absolute Gasteiger partial charge is 0.496 e. The van der Waals surface area contributed by atoms with E-state index in [0.717, 1.165) is 29.0 Å². The van der Waals surface area contributed by atoms with E-state index < -0.39 is 0 Å². The first-order chi connectivity index (χ1) is 9.24. The summed E-state index contributed by atoms with van der Waals surface area (Å²) in [5.74, 6) is 6.54. The zero-order valence-electron chi connectivity index (χ0n) is 11.3. The fourth-order valence-corrected chi connectivity index (χ4v) is 2.05. The Hall–Kier alpha value is -1.91.